The molecule has 0 N–H and O–H groups in total. The minimum atomic E-state index is -0.474. The van der Waals surface area contributed by atoms with E-state index in [0.29, 0.717) is 25.7 Å². The van der Waals surface area contributed by atoms with Crippen molar-refractivity contribution in [1.82, 2.24) is 0 Å². The standard InChI is InChI=1S/C18H16F2O/c19-15-5-1-3-13(11-15)18(9-7-17(21)8-10-18)14-4-2-6-16(20)12-14/h1-6,11-12H,7-10H2. The monoisotopic (exact) mass is 286 g/mol. The van der Waals surface area contributed by atoms with Crippen molar-refractivity contribution in [1.29, 1.82) is 0 Å². The lowest BCUT2D eigenvalue weighted by molar-refractivity contribution is -0.121. The molecule has 0 amide bonds. The third-order valence-corrected chi connectivity index (χ3v) is 4.42. The normalized spacial score (nSPS) is 17.7. The van der Waals surface area contributed by atoms with Gasteiger partial charge in [-0.15, -0.1) is 0 Å². The van der Waals surface area contributed by atoms with Gasteiger partial charge in [-0.05, 0) is 48.2 Å². The molecule has 1 fully saturated rings. The molecule has 2 aromatic carbocycles. The summed E-state index contributed by atoms with van der Waals surface area (Å²) in [4.78, 5) is 11.6. The number of carbonyl (C=O) groups excluding carboxylic acids is 1. The summed E-state index contributed by atoms with van der Waals surface area (Å²) in [6.07, 6.45) is 2.09. The Bertz CT molecular complexity index is 621. The number of carbonyl (C=O) groups is 1. The maximum atomic E-state index is 13.6. The maximum Gasteiger partial charge on any atom is 0.133 e. The van der Waals surface area contributed by atoms with E-state index in [-0.39, 0.29) is 17.4 Å². The number of Topliss-reactive ketones (excluding diaryl/α,β-unsaturated/α-hetero) is 1. The minimum Gasteiger partial charge on any atom is -0.300 e. The molecule has 0 radical (unpaired) electrons. The lowest BCUT2D eigenvalue weighted by atomic mass is 9.65. The van der Waals surface area contributed by atoms with Crippen LogP contribution >= 0.6 is 0 Å². The van der Waals surface area contributed by atoms with Gasteiger partial charge >= 0.3 is 0 Å². The average Bonchev–Trinajstić information content (AvgIpc) is 2.48. The zero-order valence-electron chi connectivity index (χ0n) is 11.6. The third-order valence-electron chi connectivity index (χ3n) is 4.42. The van der Waals surface area contributed by atoms with E-state index < -0.39 is 5.41 Å². The number of rotatable bonds is 2. The molecule has 0 aromatic heterocycles. The van der Waals surface area contributed by atoms with Gasteiger partial charge in [0.05, 0.1) is 0 Å². The van der Waals surface area contributed by atoms with E-state index in [1.54, 1.807) is 12.1 Å². The molecule has 0 aliphatic heterocycles. The second kappa shape index (κ2) is 5.40. The summed E-state index contributed by atoms with van der Waals surface area (Å²) in [7, 11) is 0. The molecule has 3 rings (SSSR count). The van der Waals surface area contributed by atoms with Gasteiger partial charge in [0.15, 0.2) is 0 Å². The zero-order valence-corrected chi connectivity index (χ0v) is 11.6. The highest BCUT2D eigenvalue weighted by Gasteiger charge is 2.38. The van der Waals surface area contributed by atoms with E-state index in [1.807, 2.05) is 12.1 Å². The largest absolute Gasteiger partial charge is 0.300 e. The molecule has 21 heavy (non-hydrogen) atoms. The number of hydrogen-bond donors (Lipinski definition) is 0. The van der Waals surface area contributed by atoms with Gasteiger partial charge in [0.1, 0.15) is 17.4 Å². The summed E-state index contributed by atoms with van der Waals surface area (Å²) in [5, 5.41) is 0. The van der Waals surface area contributed by atoms with Crippen molar-refractivity contribution < 1.29 is 13.6 Å². The van der Waals surface area contributed by atoms with Crippen molar-refractivity contribution >= 4 is 5.78 Å². The summed E-state index contributed by atoms with van der Waals surface area (Å²) in [5.74, 6) is -0.390. The van der Waals surface area contributed by atoms with E-state index in [9.17, 15) is 13.6 Å². The Hall–Kier alpha value is -2.03. The van der Waals surface area contributed by atoms with Crippen LogP contribution in [0.15, 0.2) is 48.5 Å². The van der Waals surface area contributed by atoms with Crippen LogP contribution in [0.1, 0.15) is 36.8 Å². The Morgan fingerprint density at radius 2 is 1.29 bits per heavy atom. The topological polar surface area (TPSA) is 17.1 Å². The van der Waals surface area contributed by atoms with E-state index >= 15 is 0 Å². The smallest absolute Gasteiger partial charge is 0.133 e. The Balaban J connectivity index is 2.13. The Labute approximate surface area is 122 Å². The van der Waals surface area contributed by atoms with Crippen LogP contribution in [0.4, 0.5) is 8.78 Å². The predicted octanol–water partition coefficient (Wildman–Crippen LogP) is 4.39. The van der Waals surface area contributed by atoms with Crippen molar-refractivity contribution in [3.05, 3.63) is 71.3 Å². The fourth-order valence-electron chi connectivity index (χ4n) is 3.27. The molecule has 2 aromatic rings. The molecule has 0 saturated heterocycles. The molecular formula is C18H16F2O. The van der Waals surface area contributed by atoms with Crippen molar-refractivity contribution in [2.75, 3.05) is 0 Å². The number of benzene rings is 2. The Morgan fingerprint density at radius 1 is 0.810 bits per heavy atom. The summed E-state index contributed by atoms with van der Waals surface area (Å²) in [5.41, 5.74) is 1.17. The molecule has 1 aliphatic carbocycles. The highest BCUT2D eigenvalue weighted by Crippen LogP contribution is 2.44. The van der Waals surface area contributed by atoms with Gasteiger partial charge in [0.25, 0.3) is 0 Å². The molecule has 0 spiro atoms. The molecule has 1 aliphatic rings. The van der Waals surface area contributed by atoms with Crippen LogP contribution in [0.2, 0.25) is 0 Å². The molecule has 0 unspecified atom stereocenters. The fraction of sp³-hybridized carbons (Fsp3) is 0.278. The first-order valence-corrected chi connectivity index (χ1v) is 7.14. The van der Waals surface area contributed by atoms with E-state index in [0.717, 1.165) is 11.1 Å². The van der Waals surface area contributed by atoms with Crippen LogP contribution in [0.25, 0.3) is 0 Å². The summed E-state index contributed by atoms with van der Waals surface area (Å²) in [6.45, 7) is 0. The number of ketones is 1. The molecule has 0 heterocycles. The second-order valence-electron chi connectivity index (χ2n) is 5.64. The Kier molecular flexibility index (Phi) is 3.58. The number of halogens is 2. The average molecular weight is 286 g/mol. The van der Waals surface area contributed by atoms with Crippen molar-refractivity contribution in [2.45, 2.75) is 31.1 Å². The predicted molar refractivity (Wildman–Crippen MR) is 77.1 cm³/mol. The third kappa shape index (κ3) is 2.60. The summed E-state index contributed by atoms with van der Waals surface area (Å²) >= 11 is 0. The first-order chi connectivity index (χ1) is 10.1. The van der Waals surface area contributed by atoms with Gasteiger partial charge in [0, 0.05) is 18.3 Å². The Morgan fingerprint density at radius 3 is 1.71 bits per heavy atom. The molecule has 3 heteroatoms. The van der Waals surface area contributed by atoms with Crippen LogP contribution in [0.5, 0.6) is 0 Å². The van der Waals surface area contributed by atoms with Crippen LogP contribution in [-0.2, 0) is 10.2 Å². The highest BCUT2D eigenvalue weighted by atomic mass is 19.1. The van der Waals surface area contributed by atoms with Crippen LogP contribution < -0.4 is 0 Å². The molecule has 0 bridgehead atoms. The lowest BCUT2D eigenvalue weighted by Crippen LogP contribution is -2.33. The number of hydrogen-bond acceptors (Lipinski definition) is 1. The lowest BCUT2D eigenvalue weighted by Gasteiger charge is -2.38. The highest BCUT2D eigenvalue weighted by molar-refractivity contribution is 5.80. The minimum absolute atomic E-state index is 0.221. The van der Waals surface area contributed by atoms with Gasteiger partial charge in [0.2, 0.25) is 0 Å². The van der Waals surface area contributed by atoms with Gasteiger partial charge in [-0.1, -0.05) is 24.3 Å². The van der Waals surface area contributed by atoms with Crippen molar-refractivity contribution in [2.24, 2.45) is 0 Å². The first-order valence-electron chi connectivity index (χ1n) is 7.14. The van der Waals surface area contributed by atoms with Crippen LogP contribution in [-0.4, -0.2) is 5.78 Å². The SMILES string of the molecule is O=C1CCC(c2cccc(F)c2)(c2cccc(F)c2)CC1. The quantitative estimate of drug-likeness (QED) is 0.800. The van der Waals surface area contributed by atoms with Crippen LogP contribution in [0, 0.1) is 11.6 Å². The molecule has 108 valence electrons. The van der Waals surface area contributed by atoms with Crippen molar-refractivity contribution in [3.8, 4) is 0 Å². The zero-order chi connectivity index (χ0) is 14.9. The van der Waals surface area contributed by atoms with Crippen molar-refractivity contribution in [3.63, 3.8) is 0 Å². The summed E-state index contributed by atoms with van der Waals surface area (Å²) in [6, 6.07) is 12.9. The van der Waals surface area contributed by atoms with Gasteiger partial charge in [-0.2, -0.15) is 0 Å². The molecular weight excluding hydrogens is 270 g/mol. The van der Waals surface area contributed by atoms with Crippen LogP contribution in [0.3, 0.4) is 0 Å². The van der Waals surface area contributed by atoms with Gasteiger partial charge in [-0.3, -0.25) is 4.79 Å². The fourth-order valence-corrected chi connectivity index (χ4v) is 3.27. The van der Waals surface area contributed by atoms with Gasteiger partial charge in [-0.25, -0.2) is 8.78 Å². The molecule has 0 atom stereocenters. The van der Waals surface area contributed by atoms with E-state index in [1.165, 1.54) is 24.3 Å². The molecule has 1 nitrogen and oxygen atoms in total. The first kappa shape index (κ1) is 13.9. The second-order valence-corrected chi connectivity index (χ2v) is 5.64. The van der Waals surface area contributed by atoms with Gasteiger partial charge < -0.3 is 0 Å². The van der Waals surface area contributed by atoms with E-state index in [4.69, 9.17) is 0 Å². The maximum absolute atomic E-state index is 13.6. The molecule has 1 saturated carbocycles. The summed E-state index contributed by atoms with van der Waals surface area (Å²) < 4.78 is 27.2. The van der Waals surface area contributed by atoms with E-state index in [2.05, 4.69) is 0 Å².